The van der Waals surface area contributed by atoms with Crippen molar-refractivity contribution in [2.45, 2.75) is 23.0 Å². The Morgan fingerprint density at radius 2 is 1.44 bits per heavy atom. The van der Waals surface area contributed by atoms with Gasteiger partial charge in [-0.3, -0.25) is 0 Å². The zero-order chi connectivity index (χ0) is 17.7. The second-order valence-corrected chi connectivity index (χ2v) is 9.16. The van der Waals surface area contributed by atoms with Crippen LogP contribution in [0.25, 0.3) is 0 Å². The highest BCUT2D eigenvalue weighted by Gasteiger charge is 2.37. The summed E-state index contributed by atoms with van der Waals surface area (Å²) in [6.45, 7) is 0. The van der Waals surface area contributed by atoms with Gasteiger partial charge in [-0.05, 0) is 59.7 Å². The van der Waals surface area contributed by atoms with Gasteiger partial charge in [0.1, 0.15) is 11.5 Å². The first-order valence-corrected chi connectivity index (χ1v) is 10.5. The summed E-state index contributed by atoms with van der Waals surface area (Å²) in [7, 11) is 3.39. The minimum absolute atomic E-state index is 0.00384. The maximum absolute atomic E-state index is 6.60. The fourth-order valence-electron chi connectivity index (χ4n) is 3.08. The Balaban J connectivity index is 1.84. The summed E-state index contributed by atoms with van der Waals surface area (Å²) in [5.74, 6) is 4.11. The summed E-state index contributed by atoms with van der Waals surface area (Å²) in [6.07, 6.45) is 2.16. The number of thioether (sulfide) groups is 2. The number of methoxy groups -OCH3 is 2. The smallest absolute Gasteiger partial charge is 0.118 e. The number of hydrogen-bond donors (Lipinski definition) is 1. The Hall–Kier alpha value is -1.30. The van der Waals surface area contributed by atoms with Crippen LogP contribution < -0.4 is 15.2 Å². The zero-order valence-electron chi connectivity index (χ0n) is 14.7. The van der Waals surface area contributed by atoms with E-state index in [4.69, 9.17) is 15.2 Å². The number of hydrogen-bond acceptors (Lipinski definition) is 5. The molecule has 1 unspecified atom stereocenters. The van der Waals surface area contributed by atoms with E-state index in [1.165, 1.54) is 23.5 Å². The summed E-state index contributed by atoms with van der Waals surface area (Å²) in [5.41, 5.74) is 9.08. The van der Waals surface area contributed by atoms with E-state index < -0.39 is 0 Å². The number of benzene rings is 2. The summed E-state index contributed by atoms with van der Waals surface area (Å²) in [4.78, 5) is 0. The van der Waals surface area contributed by atoms with Gasteiger partial charge in [0.2, 0.25) is 0 Å². The van der Waals surface area contributed by atoms with Crippen LogP contribution in [0.3, 0.4) is 0 Å². The second-order valence-electron chi connectivity index (χ2n) is 6.12. The van der Waals surface area contributed by atoms with E-state index in [-0.39, 0.29) is 10.1 Å². The first-order valence-electron chi connectivity index (χ1n) is 8.49. The molecule has 0 amide bonds. The van der Waals surface area contributed by atoms with Crippen LogP contribution in [0.4, 0.5) is 0 Å². The van der Waals surface area contributed by atoms with E-state index >= 15 is 0 Å². The Morgan fingerprint density at radius 3 is 1.96 bits per heavy atom. The molecule has 1 aliphatic rings. The van der Waals surface area contributed by atoms with Gasteiger partial charge in [0.15, 0.2) is 0 Å². The van der Waals surface area contributed by atoms with Gasteiger partial charge in [0, 0.05) is 6.04 Å². The molecular formula is C20H25NO2S2. The van der Waals surface area contributed by atoms with E-state index in [0.717, 1.165) is 23.5 Å². The van der Waals surface area contributed by atoms with Crippen molar-refractivity contribution in [3.8, 4) is 11.5 Å². The fraction of sp³-hybridized carbons (Fsp3) is 0.400. The van der Waals surface area contributed by atoms with Crippen molar-refractivity contribution in [2.24, 2.45) is 5.73 Å². The largest absolute Gasteiger partial charge is 0.497 e. The molecule has 0 radical (unpaired) electrons. The number of rotatable bonds is 6. The van der Waals surface area contributed by atoms with Crippen LogP contribution in [-0.2, 0) is 4.08 Å². The van der Waals surface area contributed by atoms with Crippen LogP contribution in [-0.4, -0.2) is 25.7 Å². The molecule has 2 N–H and O–H groups in total. The number of nitrogens with two attached hydrogens (primary N) is 1. The molecule has 3 nitrogen and oxygen atoms in total. The summed E-state index contributed by atoms with van der Waals surface area (Å²) < 4.78 is 10.6. The highest BCUT2D eigenvalue weighted by molar-refractivity contribution is 8.18. The van der Waals surface area contributed by atoms with Crippen molar-refractivity contribution in [2.75, 3.05) is 25.7 Å². The predicted octanol–water partition coefficient (Wildman–Crippen LogP) is 4.82. The molecule has 1 heterocycles. The molecule has 0 aliphatic carbocycles. The average Bonchev–Trinajstić information content (AvgIpc) is 2.69. The molecule has 0 saturated carbocycles. The Bertz CT molecular complexity index is 667. The molecule has 1 atom stereocenters. The molecular weight excluding hydrogens is 350 g/mol. The lowest BCUT2D eigenvalue weighted by atomic mass is 9.98. The Kier molecular flexibility index (Phi) is 6.20. The van der Waals surface area contributed by atoms with Crippen LogP contribution in [0.2, 0.25) is 0 Å². The van der Waals surface area contributed by atoms with Crippen molar-refractivity contribution in [1.29, 1.82) is 0 Å². The third-order valence-corrected chi connectivity index (χ3v) is 7.95. The van der Waals surface area contributed by atoms with Gasteiger partial charge in [-0.15, -0.1) is 23.5 Å². The van der Waals surface area contributed by atoms with Crippen molar-refractivity contribution < 1.29 is 9.47 Å². The minimum atomic E-state index is -0.00823. The topological polar surface area (TPSA) is 44.5 Å². The maximum Gasteiger partial charge on any atom is 0.118 e. The molecule has 0 spiro atoms. The summed E-state index contributed by atoms with van der Waals surface area (Å²) in [5, 5.41) is 0. The molecule has 0 aromatic heterocycles. The molecule has 5 heteroatoms. The van der Waals surface area contributed by atoms with E-state index in [9.17, 15) is 0 Å². The molecule has 1 saturated heterocycles. The average molecular weight is 376 g/mol. The lowest BCUT2D eigenvalue weighted by Crippen LogP contribution is -2.28. The fourth-order valence-corrected chi connectivity index (χ4v) is 6.53. The quantitative estimate of drug-likeness (QED) is 0.784. The van der Waals surface area contributed by atoms with Crippen LogP contribution in [0.5, 0.6) is 11.5 Å². The standard InChI is InChI=1S/C20H25NO2S2/c1-22-17-8-4-15(5-9-17)19(21)14-20(24-12-3-13-25-20)16-6-10-18(23-2)11-7-16/h4-11,19H,3,12-14,21H2,1-2H3. The Labute approximate surface area is 158 Å². The second kappa shape index (κ2) is 8.39. The van der Waals surface area contributed by atoms with Gasteiger partial charge < -0.3 is 15.2 Å². The van der Waals surface area contributed by atoms with Gasteiger partial charge >= 0.3 is 0 Å². The van der Waals surface area contributed by atoms with E-state index in [1.54, 1.807) is 14.2 Å². The summed E-state index contributed by atoms with van der Waals surface area (Å²) in [6, 6.07) is 16.6. The van der Waals surface area contributed by atoms with Gasteiger partial charge in [0.05, 0.1) is 18.3 Å². The maximum atomic E-state index is 6.60. The van der Waals surface area contributed by atoms with Gasteiger partial charge in [-0.25, -0.2) is 0 Å². The monoisotopic (exact) mass is 375 g/mol. The van der Waals surface area contributed by atoms with Crippen LogP contribution in [0.1, 0.15) is 30.0 Å². The molecule has 134 valence electrons. The lowest BCUT2D eigenvalue weighted by molar-refractivity contribution is 0.414. The third-order valence-electron chi connectivity index (χ3n) is 4.52. The van der Waals surface area contributed by atoms with Crippen LogP contribution in [0.15, 0.2) is 48.5 Å². The molecule has 3 rings (SSSR count). The Morgan fingerprint density at radius 1 is 0.920 bits per heavy atom. The molecule has 1 aliphatic heterocycles. The third kappa shape index (κ3) is 4.27. The number of ether oxygens (including phenoxy) is 2. The minimum Gasteiger partial charge on any atom is -0.497 e. The lowest BCUT2D eigenvalue weighted by Gasteiger charge is -2.38. The van der Waals surface area contributed by atoms with Gasteiger partial charge in [0.25, 0.3) is 0 Å². The van der Waals surface area contributed by atoms with Gasteiger partial charge in [-0.1, -0.05) is 24.3 Å². The molecule has 2 aromatic rings. The van der Waals surface area contributed by atoms with E-state index in [0.29, 0.717) is 0 Å². The SMILES string of the molecule is COc1ccc(C(N)CC2(c3ccc(OC)cc3)SCCCS2)cc1. The highest BCUT2D eigenvalue weighted by Crippen LogP contribution is 2.54. The molecule has 0 bridgehead atoms. The molecule has 2 aromatic carbocycles. The van der Waals surface area contributed by atoms with Gasteiger partial charge in [-0.2, -0.15) is 0 Å². The zero-order valence-corrected chi connectivity index (χ0v) is 16.4. The normalized spacial score (nSPS) is 17.7. The predicted molar refractivity (Wildman–Crippen MR) is 109 cm³/mol. The van der Waals surface area contributed by atoms with Crippen LogP contribution >= 0.6 is 23.5 Å². The van der Waals surface area contributed by atoms with Crippen molar-refractivity contribution in [3.05, 3.63) is 59.7 Å². The first-order chi connectivity index (χ1) is 12.2. The van der Waals surface area contributed by atoms with E-state index in [2.05, 4.69) is 24.3 Å². The van der Waals surface area contributed by atoms with Crippen molar-refractivity contribution in [3.63, 3.8) is 0 Å². The van der Waals surface area contributed by atoms with Crippen molar-refractivity contribution in [1.82, 2.24) is 0 Å². The first kappa shape index (κ1) is 18.5. The highest BCUT2D eigenvalue weighted by atomic mass is 32.2. The van der Waals surface area contributed by atoms with Crippen molar-refractivity contribution >= 4 is 23.5 Å². The molecule has 1 fully saturated rings. The molecule has 25 heavy (non-hydrogen) atoms. The van der Waals surface area contributed by atoms with E-state index in [1.807, 2.05) is 47.8 Å². The summed E-state index contributed by atoms with van der Waals surface area (Å²) >= 11 is 4.05. The van der Waals surface area contributed by atoms with Crippen LogP contribution in [0, 0.1) is 0 Å².